The Morgan fingerprint density at radius 3 is 2.43 bits per heavy atom. The fourth-order valence-corrected chi connectivity index (χ4v) is 1.79. The van der Waals surface area contributed by atoms with E-state index in [9.17, 15) is 14.7 Å². The van der Waals surface area contributed by atoms with Gasteiger partial charge in [0.2, 0.25) is 0 Å². The number of nitrogens with two attached hydrogens (primary N) is 1. The predicted molar refractivity (Wildman–Crippen MR) is 75.6 cm³/mol. The zero-order chi connectivity index (χ0) is 15.4. The lowest BCUT2D eigenvalue weighted by Gasteiger charge is -2.03. The standard InChI is InChI=1S/C15H13NO5/c16-10-3-1-9(2-4-10)7-14-11(5-6-21-14)12(17)8-13(18)15(19)20/h1-6,8,17H,7,16H2,(H,19,20). The van der Waals surface area contributed by atoms with Crippen LogP contribution in [0.3, 0.4) is 0 Å². The molecule has 1 aromatic carbocycles. The molecule has 0 aliphatic rings. The lowest BCUT2D eigenvalue weighted by atomic mass is 10.1. The average molecular weight is 287 g/mol. The van der Waals surface area contributed by atoms with Gasteiger partial charge in [0.25, 0.3) is 5.78 Å². The number of nitrogen functional groups attached to an aromatic ring is 1. The van der Waals surface area contributed by atoms with Crippen LogP contribution in [0.4, 0.5) is 5.69 Å². The monoisotopic (exact) mass is 287 g/mol. The van der Waals surface area contributed by atoms with Gasteiger partial charge in [-0.25, -0.2) is 4.79 Å². The summed E-state index contributed by atoms with van der Waals surface area (Å²) in [5.74, 6) is -2.86. The highest BCUT2D eigenvalue weighted by Gasteiger charge is 2.15. The van der Waals surface area contributed by atoms with Crippen molar-refractivity contribution in [1.29, 1.82) is 0 Å². The Labute approximate surface area is 120 Å². The second kappa shape index (κ2) is 5.96. The lowest BCUT2D eigenvalue weighted by molar-refractivity contribution is -0.146. The van der Waals surface area contributed by atoms with Gasteiger partial charge in [-0.2, -0.15) is 0 Å². The van der Waals surface area contributed by atoms with Crippen LogP contribution < -0.4 is 5.73 Å². The molecular weight excluding hydrogens is 274 g/mol. The number of aliphatic hydroxyl groups excluding tert-OH is 1. The zero-order valence-electron chi connectivity index (χ0n) is 10.9. The highest BCUT2D eigenvalue weighted by atomic mass is 16.4. The summed E-state index contributed by atoms with van der Waals surface area (Å²) >= 11 is 0. The van der Waals surface area contributed by atoms with E-state index in [0.29, 0.717) is 23.9 Å². The van der Waals surface area contributed by atoms with E-state index in [1.54, 1.807) is 12.1 Å². The van der Waals surface area contributed by atoms with Crippen LogP contribution in [0.2, 0.25) is 0 Å². The molecule has 6 heteroatoms. The molecule has 0 atom stereocenters. The molecule has 0 saturated carbocycles. The highest BCUT2D eigenvalue weighted by molar-refractivity contribution is 6.38. The first-order chi connectivity index (χ1) is 9.97. The SMILES string of the molecule is Nc1ccc(Cc2occc2C(O)=CC(=O)C(=O)O)cc1. The molecule has 2 rings (SSSR count). The number of hydrogen-bond acceptors (Lipinski definition) is 5. The first-order valence-electron chi connectivity index (χ1n) is 6.06. The van der Waals surface area contributed by atoms with Gasteiger partial charge in [0.05, 0.1) is 11.8 Å². The van der Waals surface area contributed by atoms with Crippen molar-refractivity contribution in [2.45, 2.75) is 6.42 Å². The molecule has 0 aliphatic heterocycles. The number of hydrogen-bond donors (Lipinski definition) is 3. The zero-order valence-corrected chi connectivity index (χ0v) is 10.9. The molecule has 108 valence electrons. The van der Waals surface area contributed by atoms with E-state index in [1.165, 1.54) is 12.3 Å². The third kappa shape index (κ3) is 3.50. The Balaban J connectivity index is 2.24. The number of carbonyl (C=O) groups excluding carboxylic acids is 1. The number of furan rings is 1. The van der Waals surface area contributed by atoms with Crippen molar-refractivity contribution < 1.29 is 24.2 Å². The maximum absolute atomic E-state index is 11.1. The summed E-state index contributed by atoms with van der Waals surface area (Å²) in [4.78, 5) is 21.5. The second-order valence-corrected chi connectivity index (χ2v) is 4.37. The summed E-state index contributed by atoms with van der Waals surface area (Å²) in [6.45, 7) is 0. The Morgan fingerprint density at radius 2 is 1.81 bits per heavy atom. The van der Waals surface area contributed by atoms with Crippen LogP contribution in [0, 0.1) is 0 Å². The molecule has 0 spiro atoms. The number of carboxylic acid groups (broad SMARTS) is 1. The van der Waals surface area contributed by atoms with Crippen molar-refractivity contribution in [2.24, 2.45) is 0 Å². The van der Waals surface area contributed by atoms with Gasteiger partial charge >= 0.3 is 5.97 Å². The highest BCUT2D eigenvalue weighted by Crippen LogP contribution is 2.22. The molecule has 1 aromatic heterocycles. The van der Waals surface area contributed by atoms with Gasteiger partial charge in [-0.05, 0) is 23.8 Å². The van der Waals surface area contributed by atoms with Crippen LogP contribution >= 0.6 is 0 Å². The normalized spacial score (nSPS) is 11.3. The smallest absolute Gasteiger partial charge is 0.376 e. The van der Waals surface area contributed by atoms with Crippen LogP contribution in [0.25, 0.3) is 5.76 Å². The van der Waals surface area contributed by atoms with Gasteiger partial charge in [-0.1, -0.05) is 12.1 Å². The van der Waals surface area contributed by atoms with E-state index < -0.39 is 17.5 Å². The number of carbonyl (C=O) groups is 2. The molecule has 0 saturated heterocycles. The topological polar surface area (TPSA) is 114 Å². The maximum atomic E-state index is 11.1. The molecule has 1 heterocycles. The molecule has 0 aliphatic carbocycles. The van der Waals surface area contributed by atoms with Gasteiger partial charge in [0, 0.05) is 18.2 Å². The number of carboxylic acids is 1. The van der Waals surface area contributed by atoms with Crippen molar-refractivity contribution in [3.63, 3.8) is 0 Å². The fraction of sp³-hybridized carbons (Fsp3) is 0.0667. The first-order valence-corrected chi connectivity index (χ1v) is 6.06. The largest absolute Gasteiger partial charge is 0.507 e. The molecule has 0 amide bonds. The summed E-state index contributed by atoms with van der Waals surface area (Å²) in [6.07, 6.45) is 2.39. The van der Waals surface area contributed by atoms with Crippen molar-refractivity contribution in [3.8, 4) is 0 Å². The first kappa shape index (κ1) is 14.4. The summed E-state index contributed by atoms with van der Waals surface area (Å²) in [7, 11) is 0. The molecule has 2 aromatic rings. The van der Waals surface area contributed by atoms with E-state index in [-0.39, 0.29) is 5.56 Å². The van der Waals surface area contributed by atoms with E-state index in [4.69, 9.17) is 15.3 Å². The summed E-state index contributed by atoms with van der Waals surface area (Å²) in [6, 6.07) is 8.56. The van der Waals surface area contributed by atoms with Gasteiger partial charge in [0.1, 0.15) is 11.5 Å². The number of anilines is 1. The molecule has 0 bridgehead atoms. The minimum absolute atomic E-state index is 0.279. The molecule has 0 fully saturated rings. The molecule has 0 unspecified atom stereocenters. The van der Waals surface area contributed by atoms with Gasteiger partial charge in [-0.15, -0.1) is 0 Å². The minimum atomic E-state index is -1.63. The Morgan fingerprint density at radius 1 is 1.14 bits per heavy atom. The van der Waals surface area contributed by atoms with Crippen molar-refractivity contribution in [3.05, 3.63) is 59.6 Å². The van der Waals surface area contributed by atoms with E-state index in [0.717, 1.165) is 5.56 Å². The Hall–Kier alpha value is -3.02. The minimum Gasteiger partial charge on any atom is -0.507 e. The van der Waals surface area contributed by atoms with Gasteiger partial charge in [0.15, 0.2) is 0 Å². The van der Waals surface area contributed by atoms with E-state index >= 15 is 0 Å². The van der Waals surface area contributed by atoms with Crippen LogP contribution in [0.15, 0.2) is 47.1 Å². The van der Waals surface area contributed by atoms with E-state index in [1.807, 2.05) is 12.1 Å². The third-order valence-electron chi connectivity index (χ3n) is 2.84. The summed E-state index contributed by atoms with van der Waals surface area (Å²) in [5.41, 5.74) is 7.41. The van der Waals surface area contributed by atoms with Crippen LogP contribution in [-0.2, 0) is 16.0 Å². The number of ketones is 1. The van der Waals surface area contributed by atoms with Crippen LogP contribution in [0.1, 0.15) is 16.9 Å². The van der Waals surface area contributed by atoms with Gasteiger partial charge in [-0.3, -0.25) is 4.79 Å². The Bertz CT molecular complexity index is 697. The molecule has 6 nitrogen and oxygen atoms in total. The van der Waals surface area contributed by atoms with Crippen molar-refractivity contribution in [2.75, 3.05) is 5.73 Å². The fourth-order valence-electron chi connectivity index (χ4n) is 1.79. The molecule has 21 heavy (non-hydrogen) atoms. The van der Waals surface area contributed by atoms with E-state index in [2.05, 4.69) is 0 Å². The Kier molecular flexibility index (Phi) is 4.08. The van der Waals surface area contributed by atoms with Crippen molar-refractivity contribution >= 4 is 23.2 Å². The summed E-state index contributed by atoms with van der Waals surface area (Å²) < 4.78 is 5.27. The average Bonchev–Trinajstić information content (AvgIpc) is 2.89. The third-order valence-corrected chi connectivity index (χ3v) is 2.84. The van der Waals surface area contributed by atoms with Gasteiger partial charge < -0.3 is 20.4 Å². The molecule has 4 N–H and O–H groups in total. The van der Waals surface area contributed by atoms with Crippen molar-refractivity contribution in [1.82, 2.24) is 0 Å². The maximum Gasteiger partial charge on any atom is 0.376 e. The molecular formula is C15H13NO5. The lowest BCUT2D eigenvalue weighted by Crippen LogP contribution is -2.09. The van der Waals surface area contributed by atoms with Crippen LogP contribution in [-0.4, -0.2) is 22.0 Å². The number of aliphatic carboxylic acids is 1. The quantitative estimate of drug-likeness (QED) is 0.335. The number of rotatable bonds is 5. The number of benzene rings is 1. The molecule has 0 radical (unpaired) electrons. The second-order valence-electron chi connectivity index (χ2n) is 4.37. The summed E-state index contributed by atoms with van der Waals surface area (Å²) in [5, 5.41) is 18.3. The predicted octanol–water partition coefficient (Wildman–Crippen LogP) is 2.01. The van der Waals surface area contributed by atoms with Crippen LogP contribution in [0.5, 0.6) is 0 Å². The number of aliphatic hydroxyl groups is 1.